The van der Waals surface area contributed by atoms with Gasteiger partial charge in [-0.2, -0.15) is 0 Å². The van der Waals surface area contributed by atoms with E-state index in [1.807, 2.05) is 6.07 Å². The van der Waals surface area contributed by atoms with Crippen molar-refractivity contribution in [3.05, 3.63) is 24.0 Å². The first-order valence-electron chi connectivity index (χ1n) is 5.65. The zero-order valence-corrected chi connectivity index (χ0v) is 11.4. The van der Waals surface area contributed by atoms with Gasteiger partial charge in [0, 0.05) is 17.8 Å². The smallest absolute Gasteiger partial charge is 0.106 e. The molecule has 0 aliphatic rings. The van der Waals surface area contributed by atoms with Crippen LogP contribution in [0.2, 0.25) is 0 Å². The molecule has 0 saturated carbocycles. The highest BCUT2D eigenvalue weighted by molar-refractivity contribution is 7.80. The van der Waals surface area contributed by atoms with Gasteiger partial charge >= 0.3 is 0 Å². The Kier molecular flexibility index (Phi) is 5.31. The van der Waals surface area contributed by atoms with E-state index in [9.17, 15) is 0 Å². The molecule has 5 heteroatoms. The SMILES string of the molecule is CC(CCN(C)C)Nc1cnccc1C(N)=S. The van der Waals surface area contributed by atoms with E-state index in [1.165, 1.54) is 0 Å². The number of nitrogens with two attached hydrogens (primary N) is 1. The largest absolute Gasteiger partial charge is 0.389 e. The van der Waals surface area contributed by atoms with E-state index in [2.05, 4.69) is 36.2 Å². The van der Waals surface area contributed by atoms with E-state index in [4.69, 9.17) is 18.0 Å². The standard InChI is InChI=1S/C12H20N4S/c1-9(5-7-16(2)3)15-11-8-14-6-4-10(11)12(13)17/h4,6,8-9,15H,5,7H2,1-3H3,(H2,13,17). The van der Waals surface area contributed by atoms with Crippen LogP contribution in [0.5, 0.6) is 0 Å². The zero-order chi connectivity index (χ0) is 12.8. The predicted molar refractivity (Wildman–Crippen MR) is 76.4 cm³/mol. The lowest BCUT2D eigenvalue weighted by atomic mass is 10.2. The number of hydrogen-bond donors (Lipinski definition) is 2. The monoisotopic (exact) mass is 252 g/mol. The maximum absolute atomic E-state index is 5.67. The topological polar surface area (TPSA) is 54.2 Å². The van der Waals surface area contributed by atoms with E-state index < -0.39 is 0 Å². The molecule has 0 bridgehead atoms. The van der Waals surface area contributed by atoms with Crippen LogP contribution in [0.4, 0.5) is 5.69 Å². The molecule has 0 saturated heterocycles. The Labute approximate surface area is 108 Å². The molecule has 1 rings (SSSR count). The predicted octanol–water partition coefficient (Wildman–Crippen LogP) is 1.47. The summed E-state index contributed by atoms with van der Waals surface area (Å²) in [4.78, 5) is 6.65. The molecular formula is C12H20N4S. The van der Waals surface area contributed by atoms with Crippen LogP contribution in [0, 0.1) is 0 Å². The van der Waals surface area contributed by atoms with Crippen molar-refractivity contribution in [2.24, 2.45) is 5.73 Å². The van der Waals surface area contributed by atoms with Crippen LogP contribution in [-0.2, 0) is 0 Å². The van der Waals surface area contributed by atoms with Crippen molar-refractivity contribution in [1.82, 2.24) is 9.88 Å². The van der Waals surface area contributed by atoms with Crippen LogP contribution in [-0.4, -0.2) is 41.6 Å². The summed E-state index contributed by atoms with van der Waals surface area (Å²) in [5.41, 5.74) is 7.43. The van der Waals surface area contributed by atoms with Crippen LogP contribution in [0.25, 0.3) is 0 Å². The summed E-state index contributed by atoms with van der Waals surface area (Å²) in [6, 6.07) is 2.19. The molecule has 0 fully saturated rings. The molecule has 1 aromatic heterocycles. The second-order valence-corrected chi connectivity index (χ2v) is 4.86. The first-order valence-corrected chi connectivity index (χ1v) is 6.06. The summed E-state index contributed by atoms with van der Waals surface area (Å²) in [6.45, 7) is 3.18. The third-order valence-electron chi connectivity index (χ3n) is 2.50. The Morgan fingerprint density at radius 2 is 2.29 bits per heavy atom. The Balaban J connectivity index is 2.64. The third kappa shape index (κ3) is 4.66. The van der Waals surface area contributed by atoms with Crippen molar-refractivity contribution in [2.75, 3.05) is 26.0 Å². The maximum Gasteiger partial charge on any atom is 0.106 e. The summed E-state index contributed by atoms with van der Waals surface area (Å²) in [5, 5.41) is 3.39. The minimum absolute atomic E-state index is 0.356. The van der Waals surface area contributed by atoms with Crippen LogP contribution in [0.3, 0.4) is 0 Å². The molecule has 17 heavy (non-hydrogen) atoms. The minimum atomic E-state index is 0.356. The van der Waals surface area contributed by atoms with Crippen LogP contribution < -0.4 is 11.1 Å². The lowest BCUT2D eigenvalue weighted by Gasteiger charge is -2.19. The van der Waals surface area contributed by atoms with Crippen molar-refractivity contribution in [3.63, 3.8) is 0 Å². The van der Waals surface area contributed by atoms with Gasteiger partial charge in [-0.3, -0.25) is 4.98 Å². The van der Waals surface area contributed by atoms with Crippen LogP contribution in [0.1, 0.15) is 18.9 Å². The summed E-state index contributed by atoms with van der Waals surface area (Å²) in [7, 11) is 4.13. The first-order chi connectivity index (χ1) is 8.00. The van der Waals surface area contributed by atoms with E-state index in [0.717, 1.165) is 24.2 Å². The summed E-state index contributed by atoms with van der Waals surface area (Å²) in [5.74, 6) is 0. The summed E-state index contributed by atoms with van der Waals surface area (Å²) < 4.78 is 0. The van der Waals surface area contributed by atoms with Crippen molar-refractivity contribution < 1.29 is 0 Å². The Morgan fingerprint density at radius 1 is 1.59 bits per heavy atom. The summed E-state index contributed by atoms with van der Waals surface area (Å²) >= 11 is 5.01. The summed E-state index contributed by atoms with van der Waals surface area (Å²) in [6.07, 6.45) is 4.52. The van der Waals surface area contributed by atoms with Crippen molar-refractivity contribution in [1.29, 1.82) is 0 Å². The van der Waals surface area contributed by atoms with Gasteiger partial charge in [-0.05, 0) is 40.1 Å². The Morgan fingerprint density at radius 3 is 2.88 bits per heavy atom. The normalized spacial score (nSPS) is 12.5. The lowest BCUT2D eigenvalue weighted by molar-refractivity contribution is 0.390. The molecule has 94 valence electrons. The van der Waals surface area contributed by atoms with Gasteiger partial charge in [0.1, 0.15) is 4.99 Å². The van der Waals surface area contributed by atoms with Gasteiger partial charge in [0.2, 0.25) is 0 Å². The number of pyridine rings is 1. The highest BCUT2D eigenvalue weighted by Crippen LogP contribution is 2.15. The highest BCUT2D eigenvalue weighted by Gasteiger charge is 2.08. The van der Waals surface area contributed by atoms with Gasteiger partial charge < -0.3 is 16.0 Å². The Bertz CT molecular complexity index is 379. The van der Waals surface area contributed by atoms with E-state index in [0.29, 0.717) is 11.0 Å². The van der Waals surface area contributed by atoms with Crippen LogP contribution >= 0.6 is 12.2 Å². The number of hydrogen-bond acceptors (Lipinski definition) is 4. The molecule has 1 heterocycles. The third-order valence-corrected chi connectivity index (χ3v) is 2.72. The van der Waals surface area contributed by atoms with Crippen molar-refractivity contribution >= 4 is 22.9 Å². The fourth-order valence-electron chi connectivity index (χ4n) is 1.51. The molecule has 1 unspecified atom stereocenters. The number of nitrogens with zero attached hydrogens (tertiary/aromatic N) is 2. The molecule has 0 amide bonds. The number of nitrogens with one attached hydrogen (secondary N) is 1. The van der Waals surface area contributed by atoms with Gasteiger partial charge in [0.25, 0.3) is 0 Å². The molecule has 0 aromatic carbocycles. The van der Waals surface area contributed by atoms with Gasteiger partial charge in [0.15, 0.2) is 0 Å². The van der Waals surface area contributed by atoms with E-state index in [-0.39, 0.29) is 0 Å². The number of rotatable bonds is 6. The minimum Gasteiger partial charge on any atom is -0.389 e. The number of thiocarbonyl (C=S) groups is 1. The molecule has 0 aliphatic carbocycles. The van der Waals surface area contributed by atoms with Gasteiger partial charge in [0.05, 0.1) is 11.9 Å². The number of anilines is 1. The molecule has 0 radical (unpaired) electrons. The zero-order valence-electron chi connectivity index (χ0n) is 10.6. The molecule has 1 atom stereocenters. The average Bonchev–Trinajstić information content (AvgIpc) is 2.27. The van der Waals surface area contributed by atoms with Gasteiger partial charge in [-0.25, -0.2) is 0 Å². The average molecular weight is 252 g/mol. The first kappa shape index (κ1) is 13.9. The molecule has 4 nitrogen and oxygen atoms in total. The fraction of sp³-hybridized carbons (Fsp3) is 0.500. The van der Waals surface area contributed by atoms with Gasteiger partial charge in [-0.1, -0.05) is 12.2 Å². The molecule has 0 aliphatic heterocycles. The quantitative estimate of drug-likeness (QED) is 0.751. The van der Waals surface area contributed by atoms with Crippen molar-refractivity contribution in [3.8, 4) is 0 Å². The lowest BCUT2D eigenvalue weighted by Crippen LogP contribution is -2.24. The van der Waals surface area contributed by atoms with E-state index >= 15 is 0 Å². The molecular weight excluding hydrogens is 232 g/mol. The Hall–Kier alpha value is -1.20. The fourth-order valence-corrected chi connectivity index (χ4v) is 1.69. The highest BCUT2D eigenvalue weighted by atomic mass is 32.1. The second kappa shape index (κ2) is 6.51. The molecule has 3 N–H and O–H groups in total. The van der Waals surface area contributed by atoms with Crippen molar-refractivity contribution in [2.45, 2.75) is 19.4 Å². The number of aromatic nitrogens is 1. The second-order valence-electron chi connectivity index (χ2n) is 4.42. The van der Waals surface area contributed by atoms with E-state index in [1.54, 1.807) is 12.4 Å². The maximum atomic E-state index is 5.67. The molecule has 0 spiro atoms. The van der Waals surface area contributed by atoms with Gasteiger partial charge in [-0.15, -0.1) is 0 Å². The van der Waals surface area contributed by atoms with Crippen LogP contribution in [0.15, 0.2) is 18.5 Å². The molecule has 1 aromatic rings.